The lowest BCUT2D eigenvalue weighted by molar-refractivity contribution is 0.177. The van der Waals surface area contributed by atoms with Gasteiger partial charge in [0.25, 0.3) is 0 Å². The summed E-state index contributed by atoms with van der Waals surface area (Å²) in [6.45, 7) is 3.21. The third-order valence-electron chi connectivity index (χ3n) is 2.60. The van der Waals surface area contributed by atoms with E-state index in [9.17, 15) is 4.79 Å². The van der Waals surface area contributed by atoms with Crippen molar-refractivity contribution in [3.63, 3.8) is 0 Å². The van der Waals surface area contributed by atoms with Crippen molar-refractivity contribution in [2.45, 2.75) is 19.9 Å². The Kier molecular flexibility index (Phi) is 6.99. The molecule has 0 aromatic heterocycles. The molecule has 2 amide bonds. The minimum absolute atomic E-state index is 0.0465. The van der Waals surface area contributed by atoms with Crippen molar-refractivity contribution in [3.8, 4) is 0 Å². The van der Waals surface area contributed by atoms with Crippen LogP contribution in [-0.4, -0.2) is 35.7 Å². The fourth-order valence-corrected chi connectivity index (χ4v) is 2.13. The fraction of sp³-hybridized carbons (Fsp3) is 0.462. The van der Waals surface area contributed by atoms with Crippen LogP contribution in [0.25, 0.3) is 0 Å². The van der Waals surface area contributed by atoms with Gasteiger partial charge in [-0.1, -0.05) is 36.2 Å². The van der Waals surface area contributed by atoms with Crippen LogP contribution < -0.4 is 5.32 Å². The lowest BCUT2D eigenvalue weighted by atomic mass is 10.2. The normalized spacial score (nSPS) is 10.3. The van der Waals surface area contributed by atoms with Crippen molar-refractivity contribution >= 4 is 29.2 Å². The zero-order valence-electron chi connectivity index (χ0n) is 10.8. The van der Waals surface area contributed by atoms with Crippen LogP contribution in [-0.2, 0) is 6.54 Å². The van der Waals surface area contributed by atoms with Crippen LogP contribution in [0.3, 0.4) is 0 Å². The first-order valence-electron chi connectivity index (χ1n) is 6.16. The number of aliphatic hydroxyl groups excluding tert-OH is 1. The Balaban J connectivity index is 2.56. The Morgan fingerprint density at radius 3 is 2.68 bits per heavy atom. The maximum atomic E-state index is 11.9. The summed E-state index contributed by atoms with van der Waals surface area (Å²) in [4.78, 5) is 13.5. The molecule has 106 valence electrons. The molecule has 0 unspecified atom stereocenters. The summed E-state index contributed by atoms with van der Waals surface area (Å²) in [5.74, 6) is 0. The summed E-state index contributed by atoms with van der Waals surface area (Å²) in [5, 5.41) is 12.8. The van der Waals surface area contributed by atoms with Gasteiger partial charge in [-0.2, -0.15) is 0 Å². The number of nitrogens with zero attached hydrogens (tertiary/aromatic N) is 1. The average molecular weight is 305 g/mol. The third-order valence-corrected chi connectivity index (χ3v) is 3.18. The van der Waals surface area contributed by atoms with Crippen molar-refractivity contribution in [2.75, 3.05) is 19.7 Å². The van der Waals surface area contributed by atoms with Gasteiger partial charge in [0.15, 0.2) is 0 Å². The number of carbonyl (C=O) groups excluding carboxylic acids is 1. The quantitative estimate of drug-likeness (QED) is 0.849. The van der Waals surface area contributed by atoms with Crippen LogP contribution >= 0.6 is 23.2 Å². The van der Waals surface area contributed by atoms with E-state index < -0.39 is 0 Å². The van der Waals surface area contributed by atoms with Gasteiger partial charge in [0.1, 0.15) is 0 Å². The van der Waals surface area contributed by atoms with E-state index in [2.05, 4.69) is 5.32 Å². The highest BCUT2D eigenvalue weighted by atomic mass is 35.5. The molecule has 0 heterocycles. The summed E-state index contributed by atoms with van der Waals surface area (Å²) < 4.78 is 0. The van der Waals surface area contributed by atoms with Gasteiger partial charge in [-0.15, -0.1) is 0 Å². The molecule has 0 saturated heterocycles. The topological polar surface area (TPSA) is 52.6 Å². The Labute approximate surface area is 123 Å². The van der Waals surface area contributed by atoms with E-state index in [1.54, 1.807) is 23.1 Å². The van der Waals surface area contributed by atoms with E-state index in [4.69, 9.17) is 28.3 Å². The van der Waals surface area contributed by atoms with Crippen molar-refractivity contribution in [1.82, 2.24) is 10.2 Å². The predicted molar refractivity (Wildman–Crippen MR) is 77.6 cm³/mol. The number of halogens is 2. The van der Waals surface area contributed by atoms with Crippen molar-refractivity contribution in [3.05, 3.63) is 33.8 Å². The van der Waals surface area contributed by atoms with E-state index >= 15 is 0 Å². The number of amides is 2. The number of aliphatic hydroxyl groups is 1. The van der Waals surface area contributed by atoms with Gasteiger partial charge in [-0.3, -0.25) is 0 Å². The Morgan fingerprint density at radius 2 is 2.11 bits per heavy atom. The van der Waals surface area contributed by atoms with E-state index in [0.717, 1.165) is 12.0 Å². The average Bonchev–Trinajstić information content (AvgIpc) is 2.37. The van der Waals surface area contributed by atoms with Gasteiger partial charge in [0.2, 0.25) is 0 Å². The lowest BCUT2D eigenvalue weighted by Crippen LogP contribution is -2.41. The second-order valence-electron chi connectivity index (χ2n) is 4.11. The minimum Gasteiger partial charge on any atom is -0.395 e. The number of rotatable bonds is 6. The summed E-state index contributed by atoms with van der Waals surface area (Å²) in [6.07, 6.45) is 0.842. The molecule has 0 fully saturated rings. The van der Waals surface area contributed by atoms with Crippen molar-refractivity contribution in [2.24, 2.45) is 0 Å². The van der Waals surface area contributed by atoms with E-state index in [1.807, 2.05) is 6.92 Å². The molecule has 0 aliphatic carbocycles. The minimum atomic E-state index is -0.207. The van der Waals surface area contributed by atoms with Gasteiger partial charge in [-0.05, 0) is 24.1 Å². The number of nitrogens with one attached hydrogen (secondary N) is 1. The maximum Gasteiger partial charge on any atom is 0.317 e. The summed E-state index contributed by atoms with van der Waals surface area (Å²) in [6, 6.07) is 4.94. The zero-order valence-corrected chi connectivity index (χ0v) is 12.3. The monoisotopic (exact) mass is 304 g/mol. The molecule has 1 aromatic carbocycles. The molecule has 0 radical (unpaired) electrons. The molecule has 1 aromatic rings. The summed E-state index contributed by atoms with van der Waals surface area (Å²) in [7, 11) is 0. The third kappa shape index (κ3) is 5.27. The fourth-order valence-electron chi connectivity index (χ4n) is 1.65. The molecule has 6 heteroatoms. The number of hydrogen-bond donors (Lipinski definition) is 2. The van der Waals surface area contributed by atoms with Gasteiger partial charge >= 0.3 is 6.03 Å². The SMILES string of the molecule is CCCN(CCO)C(=O)NCc1ccc(Cl)cc1Cl. The number of benzene rings is 1. The molecule has 0 aliphatic heterocycles. The van der Waals surface area contributed by atoms with Crippen LogP contribution in [0, 0.1) is 0 Å². The highest BCUT2D eigenvalue weighted by Crippen LogP contribution is 2.20. The molecule has 0 bridgehead atoms. The molecular weight excluding hydrogens is 287 g/mol. The molecule has 0 aliphatic rings. The lowest BCUT2D eigenvalue weighted by Gasteiger charge is -2.21. The largest absolute Gasteiger partial charge is 0.395 e. The van der Waals surface area contributed by atoms with Crippen LogP contribution in [0.2, 0.25) is 10.0 Å². The Morgan fingerprint density at radius 1 is 1.37 bits per heavy atom. The number of hydrogen-bond acceptors (Lipinski definition) is 2. The van der Waals surface area contributed by atoms with Gasteiger partial charge in [0.05, 0.1) is 6.61 Å². The van der Waals surface area contributed by atoms with Gasteiger partial charge < -0.3 is 15.3 Å². The standard InChI is InChI=1S/C13H18Cl2N2O2/c1-2-5-17(6-7-18)13(19)16-9-10-3-4-11(14)8-12(10)15/h3-4,8,18H,2,5-7,9H2,1H3,(H,16,19). The molecule has 4 nitrogen and oxygen atoms in total. The number of urea groups is 1. The van der Waals surface area contributed by atoms with Crippen molar-refractivity contribution in [1.29, 1.82) is 0 Å². The first kappa shape index (κ1) is 16.1. The first-order chi connectivity index (χ1) is 9.08. The van der Waals surface area contributed by atoms with Crippen LogP contribution in [0.5, 0.6) is 0 Å². The Bertz CT molecular complexity index is 421. The second-order valence-corrected chi connectivity index (χ2v) is 4.95. The number of carbonyl (C=O) groups is 1. The zero-order chi connectivity index (χ0) is 14.3. The highest BCUT2D eigenvalue weighted by molar-refractivity contribution is 6.35. The molecular formula is C13H18Cl2N2O2. The first-order valence-corrected chi connectivity index (χ1v) is 6.91. The van der Waals surface area contributed by atoms with E-state index in [1.165, 1.54) is 0 Å². The molecule has 1 rings (SSSR count). The van der Waals surface area contributed by atoms with Gasteiger partial charge in [-0.25, -0.2) is 4.79 Å². The van der Waals surface area contributed by atoms with Crippen LogP contribution in [0.4, 0.5) is 4.79 Å². The molecule has 0 spiro atoms. The highest BCUT2D eigenvalue weighted by Gasteiger charge is 2.12. The van der Waals surface area contributed by atoms with E-state index in [0.29, 0.717) is 29.7 Å². The van der Waals surface area contributed by atoms with Gasteiger partial charge in [0, 0.05) is 29.7 Å². The summed E-state index contributed by atoms with van der Waals surface area (Å²) >= 11 is 11.8. The van der Waals surface area contributed by atoms with Crippen LogP contribution in [0.1, 0.15) is 18.9 Å². The Hall–Kier alpha value is -0.970. The smallest absolute Gasteiger partial charge is 0.317 e. The molecule has 0 atom stereocenters. The summed E-state index contributed by atoms with van der Waals surface area (Å²) in [5.41, 5.74) is 0.805. The molecule has 2 N–H and O–H groups in total. The van der Waals surface area contributed by atoms with E-state index in [-0.39, 0.29) is 12.6 Å². The second kappa shape index (κ2) is 8.25. The maximum absolute atomic E-state index is 11.9. The van der Waals surface area contributed by atoms with Crippen molar-refractivity contribution < 1.29 is 9.90 Å². The predicted octanol–water partition coefficient (Wildman–Crippen LogP) is 2.91. The molecule has 19 heavy (non-hydrogen) atoms. The molecule has 0 saturated carbocycles. The van der Waals surface area contributed by atoms with Crippen LogP contribution in [0.15, 0.2) is 18.2 Å².